The molecule has 0 fully saturated rings. The Bertz CT molecular complexity index is 187. The molecule has 0 heterocycles. The second-order valence-corrected chi connectivity index (χ2v) is 4.65. The number of carboxylic acids is 1. The molecular formula is C11H22O3. The van der Waals surface area contributed by atoms with Gasteiger partial charge in [0.05, 0.1) is 12.0 Å². The molecule has 0 radical (unpaired) electrons. The standard InChI is InChI=1S/C11H22O3/c1-8(2)6-11(7-14-5,9(3)4)10(12)13/h8-9H,6-7H2,1-5H3,(H,12,13). The molecule has 1 atom stereocenters. The second kappa shape index (κ2) is 5.35. The Labute approximate surface area is 86.5 Å². The van der Waals surface area contributed by atoms with Gasteiger partial charge in [-0.15, -0.1) is 0 Å². The molecule has 14 heavy (non-hydrogen) atoms. The summed E-state index contributed by atoms with van der Waals surface area (Å²) < 4.78 is 5.05. The summed E-state index contributed by atoms with van der Waals surface area (Å²) in [5, 5.41) is 9.29. The van der Waals surface area contributed by atoms with Crippen molar-refractivity contribution in [2.24, 2.45) is 17.3 Å². The topological polar surface area (TPSA) is 46.5 Å². The van der Waals surface area contributed by atoms with Gasteiger partial charge in [0.2, 0.25) is 0 Å². The van der Waals surface area contributed by atoms with Crippen LogP contribution in [0.25, 0.3) is 0 Å². The average molecular weight is 202 g/mol. The van der Waals surface area contributed by atoms with E-state index in [9.17, 15) is 9.90 Å². The molecule has 3 nitrogen and oxygen atoms in total. The van der Waals surface area contributed by atoms with Crippen LogP contribution in [0.1, 0.15) is 34.1 Å². The van der Waals surface area contributed by atoms with Crippen LogP contribution in [0.15, 0.2) is 0 Å². The van der Waals surface area contributed by atoms with Crippen molar-refractivity contribution in [2.45, 2.75) is 34.1 Å². The smallest absolute Gasteiger partial charge is 0.312 e. The Morgan fingerprint density at radius 1 is 1.36 bits per heavy atom. The first kappa shape index (κ1) is 13.4. The molecular weight excluding hydrogens is 180 g/mol. The van der Waals surface area contributed by atoms with E-state index in [0.29, 0.717) is 12.3 Å². The molecule has 0 amide bonds. The van der Waals surface area contributed by atoms with Gasteiger partial charge in [0.1, 0.15) is 0 Å². The Kier molecular flexibility index (Phi) is 5.13. The largest absolute Gasteiger partial charge is 0.481 e. The van der Waals surface area contributed by atoms with Crippen molar-refractivity contribution in [3.8, 4) is 0 Å². The number of carboxylic acid groups (broad SMARTS) is 1. The maximum absolute atomic E-state index is 11.3. The summed E-state index contributed by atoms with van der Waals surface area (Å²) in [6.45, 7) is 8.24. The zero-order valence-corrected chi connectivity index (χ0v) is 9.83. The van der Waals surface area contributed by atoms with Crippen LogP contribution in [0.5, 0.6) is 0 Å². The molecule has 0 rings (SSSR count). The molecule has 0 spiro atoms. The summed E-state index contributed by atoms with van der Waals surface area (Å²) >= 11 is 0. The normalized spacial score (nSPS) is 15.9. The lowest BCUT2D eigenvalue weighted by molar-refractivity contribution is -0.157. The monoisotopic (exact) mass is 202 g/mol. The summed E-state index contributed by atoms with van der Waals surface area (Å²) in [5.74, 6) is -0.297. The van der Waals surface area contributed by atoms with E-state index < -0.39 is 11.4 Å². The summed E-state index contributed by atoms with van der Waals surface area (Å²) in [4.78, 5) is 11.3. The van der Waals surface area contributed by atoms with E-state index >= 15 is 0 Å². The van der Waals surface area contributed by atoms with Crippen LogP contribution in [0.2, 0.25) is 0 Å². The molecule has 0 aliphatic heterocycles. The van der Waals surface area contributed by atoms with Gasteiger partial charge < -0.3 is 9.84 Å². The van der Waals surface area contributed by atoms with Gasteiger partial charge in [-0.3, -0.25) is 4.79 Å². The fourth-order valence-electron chi connectivity index (χ4n) is 1.84. The molecule has 3 heteroatoms. The van der Waals surface area contributed by atoms with Crippen LogP contribution in [-0.2, 0) is 9.53 Å². The third-order valence-corrected chi connectivity index (χ3v) is 2.71. The maximum Gasteiger partial charge on any atom is 0.312 e. The number of ether oxygens (including phenoxy) is 1. The van der Waals surface area contributed by atoms with Crippen molar-refractivity contribution in [1.29, 1.82) is 0 Å². The number of rotatable bonds is 6. The zero-order valence-electron chi connectivity index (χ0n) is 9.83. The Balaban J connectivity index is 4.84. The van der Waals surface area contributed by atoms with E-state index in [1.807, 2.05) is 27.7 Å². The van der Waals surface area contributed by atoms with Crippen LogP contribution in [0.4, 0.5) is 0 Å². The third-order valence-electron chi connectivity index (χ3n) is 2.71. The molecule has 0 saturated heterocycles. The first-order valence-corrected chi connectivity index (χ1v) is 5.09. The third kappa shape index (κ3) is 2.98. The predicted octanol–water partition coefficient (Wildman–Crippen LogP) is 2.41. The highest BCUT2D eigenvalue weighted by molar-refractivity contribution is 5.75. The lowest BCUT2D eigenvalue weighted by Crippen LogP contribution is -2.41. The number of carbonyl (C=O) groups is 1. The van der Waals surface area contributed by atoms with E-state index in [4.69, 9.17) is 4.74 Å². The van der Waals surface area contributed by atoms with E-state index in [1.54, 1.807) is 7.11 Å². The minimum absolute atomic E-state index is 0.0855. The number of aliphatic carboxylic acids is 1. The molecule has 0 aliphatic rings. The van der Waals surface area contributed by atoms with Crippen LogP contribution >= 0.6 is 0 Å². The first-order chi connectivity index (χ1) is 6.36. The summed E-state index contributed by atoms with van der Waals surface area (Å²) in [6.07, 6.45) is 0.661. The van der Waals surface area contributed by atoms with E-state index in [-0.39, 0.29) is 12.5 Å². The van der Waals surface area contributed by atoms with Crippen molar-refractivity contribution in [1.82, 2.24) is 0 Å². The van der Waals surface area contributed by atoms with E-state index in [1.165, 1.54) is 0 Å². The summed E-state index contributed by atoms with van der Waals surface area (Å²) in [6, 6.07) is 0. The molecule has 0 aromatic heterocycles. The van der Waals surface area contributed by atoms with Gasteiger partial charge in [-0.1, -0.05) is 27.7 Å². The van der Waals surface area contributed by atoms with Crippen molar-refractivity contribution in [3.63, 3.8) is 0 Å². The fraction of sp³-hybridized carbons (Fsp3) is 0.909. The molecule has 0 aliphatic carbocycles. The molecule has 0 bridgehead atoms. The maximum atomic E-state index is 11.3. The fourth-order valence-corrected chi connectivity index (χ4v) is 1.84. The lowest BCUT2D eigenvalue weighted by atomic mass is 9.72. The number of hydrogen-bond acceptors (Lipinski definition) is 2. The van der Waals surface area contributed by atoms with Gasteiger partial charge in [-0.25, -0.2) is 0 Å². The van der Waals surface area contributed by atoms with Crippen molar-refractivity contribution in [3.05, 3.63) is 0 Å². The second-order valence-electron chi connectivity index (χ2n) is 4.65. The van der Waals surface area contributed by atoms with Gasteiger partial charge in [-0.2, -0.15) is 0 Å². The highest BCUT2D eigenvalue weighted by atomic mass is 16.5. The van der Waals surface area contributed by atoms with Crippen LogP contribution < -0.4 is 0 Å². The average Bonchev–Trinajstić information content (AvgIpc) is 2.01. The van der Waals surface area contributed by atoms with Crippen molar-refractivity contribution >= 4 is 5.97 Å². The molecule has 1 unspecified atom stereocenters. The van der Waals surface area contributed by atoms with Gasteiger partial charge in [0, 0.05) is 7.11 Å². The molecule has 0 aromatic carbocycles. The van der Waals surface area contributed by atoms with E-state index in [0.717, 1.165) is 0 Å². The van der Waals surface area contributed by atoms with Crippen LogP contribution in [-0.4, -0.2) is 24.8 Å². The van der Waals surface area contributed by atoms with Gasteiger partial charge in [0.15, 0.2) is 0 Å². The van der Waals surface area contributed by atoms with Gasteiger partial charge in [-0.05, 0) is 18.3 Å². The summed E-state index contributed by atoms with van der Waals surface area (Å²) in [7, 11) is 1.56. The van der Waals surface area contributed by atoms with Gasteiger partial charge >= 0.3 is 5.97 Å². The molecule has 0 saturated carbocycles. The highest BCUT2D eigenvalue weighted by Crippen LogP contribution is 2.35. The lowest BCUT2D eigenvalue weighted by Gasteiger charge is -2.34. The quantitative estimate of drug-likeness (QED) is 0.719. The predicted molar refractivity (Wildman–Crippen MR) is 56.2 cm³/mol. The Morgan fingerprint density at radius 3 is 2.07 bits per heavy atom. The molecule has 84 valence electrons. The van der Waals surface area contributed by atoms with Crippen LogP contribution in [0, 0.1) is 17.3 Å². The molecule has 1 N–H and O–H groups in total. The first-order valence-electron chi connectivity index (χ1n) is 5.09. The highest BCUT2D eigenvalue weighted by Gasteiger charge is 2.42. The number of methoxy groups -OCH3 is 1. The van der Waals surface area contributed by atoms with Gasteiger partial charge in [0.25, 0.3) is 0 Å². The Morgan fingerprint density at radius 2 is 1.86 bits per heavy atom. The zero-order chi connectivity index (χ0) is 11.4. The minimum atomic E-state index is -0.747. The van der Waals surface area contributed by atoms with Crippen molar-refractivity contribution in [2.75, 3.05) is 13.7 Å². The van der Waals surface area contributed by atoms with E-state index in [2.05, 4.69) is 0 Å². The SMILES string of the molecule is COCC(CC(C)C)(C(=O)O)C(C)C. The van der Waals surface area contributed by atoms with Crippen LogP contribution in [0.3, 0.4) is 0 Å². The summed E-state index contributed by atoms with van der Waals surface area (Å²) in [5.41, 5.74) is -0.733. The Hall–Kier alpha value is -0.570. The number of hydrogen-bond donors (Lipinski definition) is 1. The minimum Gasteiger partial charge on any atom is -0.481 e. The molecule has 0 aromatic rings. The van der Waals surface area contributed by atoms with Crippen molar-refractivity contribution < 1.29 is 14.6 Å².